The predicted octanol–water partition coefficient (Wildman–Crippen LogP) is 3.64. The van der Waals surface area contributed by atoms with Crippen molar-refractivity contribution in [3.8, 4) is 0 Å². The molecule has 0 saturated heterocycles. The molecular formula is C19H22N2. The molecule has 5 unspecified atom stereocenters. The van der Waals surface area contributed by atoms with E-state index in [0.29, 0.717) is 6.04 Å². The Bertz CT molecular complexity index is 679. The van der Waals surface area contributed by atoms with E-state index in [4.69, 9.17) is 5.84 Å². The Morgan fingerprint density at radius 3 is 2.38 bits per heavy atom. The minimum absolute atomic E-state index is 0.341. The number of hydrogen-bond donors (Lipinski definition) is 2. The lowest BCUT2D eigenvalue weighted by Crippen LogP contribution is -2.31. The van der Waals surface area contributed by atoms with Crippen molar-refractivity contribution in [2.45, 2.75) is 25.3 Å². The van der Waals surface area contributed by atoms with Gasteiger partial charge in [-0.25, -0.2) is 0 Å². The van der Waals surface area contributed by atoms with Gasteiger partial charge in [0.25, 0.3) is 0 Å². The summed E-state index contributed by atoms with van der Waals surface area (Å²) in [6, 6.07) is 15.8. The van der Waals surface area contributed by atoms with E-state index in [1.807, 2.05) is 0 Å². The van der Waals surface area contributed by atoms with Crippen LogP contribution in [-0.2, 0) is 0 Å². The third kappa shape index (κ3) is 1.66. The van der Waals surface area contributed by atoms with Gasteiger partial charge in [0, 0.05) is 6.04 Å². The number of nitrogens with one attached hydrogen (secondary N) is 1. The van der Waals surface area contributed by atoms with E-state index < -0.39 is 0 Å². The number of benzene rings is 2. The molecule has 3 aliphatic carbocycles. The van der Waals surface area contributed by atoms with Crippen LogP contribution in [0.4, 0.5) is 0 Å². The molecular weight excluding hydrogens is 256 g/mol. The lowest BCUT2D eigenvalue weighted by Gasteiger charge is -2.20. The molecule has 5 atom stereocenters. The van der Waals surface area contributed by atoms with Crippen molar-refractivity contribution >= 4 is 10.8 Å². The lowest BCUT2D eigenvalue weighted by atomic mass is 9.92. The van der Waals surface area contributed by atoms with Gasteiger partial charge in [-0.3, -0.25) is 11.3 Å². The van der Waals surface area contributed by atoms with E-state index in [2.05, 4.69) is 47.9 Å². The minimum Gasteiger partial charge on any atom is -0.271 e. The van der Waals surface area contributed by atoms with Crippen molar-refractivity contribution in [2.75, 3.05) is 0 Å². The zero-order valence-corrected chi connectivity index (χ0v) is 12.2. The Balaban J connectivity index is 1.49. The molecule has 0 aromatic heterocycles. The third-order valence-electron chi connectivity index (χ3n) is 6.49. The van der Waals surface area contributed by atoms with Crippen LogP contribution < -0.4 is 11.3 Å². The first kappa shape index (κ1) is 12.2. The van der Waals surface area contributed by atoms with Gasteiger partial charge in [0.05, 0.1) is 0 Å². The second-order valence-corrected chi connectivity index (χ2v) is 7.32. The average Bonchev–Trinajstić information content (AvgIpc) is 2.94. The Hall–Kier alpha value is -1.38. The summed E-state index contributed by atoms with van der Waals surface area (Å²) in [5.74, 6) is 10.6. The van der Waals surface area contributed by atoms with E-state index in [1.54, 1.807) is 0 Å². The fourth-order valence-corrected chi connectivity index (χ4v) is 5.67. The summed E-state index contributed by atoms with van der Waals surface area (Å²) in [6.07, 6.45) is 4.44. The molecule has 3 N–H and O–H groups in total. The van der Waals surface area contributed by atoms with Crippen LogP contribution in [0.2, 0.25) is 0 Å². The maximum absolute atomic E-state index is 5.95. The molecule has 2 bridgehead atoms. The molecule has 0 amide bonds. The number of rotatable bonds is 3. The summed E-state index contributed by atoms with van der Waals surface area (Å²) in [5.41, 5.74) is 4.51. The van der Waals surface area contributed by atoms with Crippen LogP contribution in [0, 0.1) is 29.6 Å². The Morgan fingerprint density at radius 1 is 0.952 bits per heavy atom. The average molecular weight is 278 g/mol. The molecule has 21 heavy (non-hydrogen) atoms. The first-order valence-corrected chi connectivity index (χ1v) is 8.31. The zero-order valence-electron chi connectivity index (χ0n) is 12.2. The minimum atomic E-state index is 0.341. The van der Waals surface area contributed by atoms with Crippen molar-refractivity contribution in [3.05, 3.63) is 48.0 Å². The summed E-state index contributed by atoms with van der Waals surface area (Å²) in [7, 11) is 0. The first-order chi connectivity index (χ1) is 10.4. The summed E-state index contributed by atoms with van der Waals surface area (Å²) < 4.78 is 0. The summed E-state index contributed by atoms with van der Waals surface area (Å²) in [4.78, 5) is 0. The zero-order chi connectivity index (χ0) is 14.0. The van der Waals surface area contributed by atoms with Crippen molar-refractivity contribution < 1.29 is 0 Å². The van der Waals surface area contributed by atoms with Crippen LogP contribution in [0.1, 0.15) is 30.9 Å². The first-order valence-electron chi connectivity index (χ1n) is 8.31. The molecule has 0 radical (unpaired) electrons. The van der Waals surface area contributed by atoms with Gasteiger partial charge in [0.1, 0.15) is 0 Å². The SMILES string of the molecule is NNC(c1ccc2ccccc2c1)C1C2C3CCC(C3)C21. The molecule has 2 heteroatoms. The molecule has 3 aliphatic rings. The fourth-order valence-electron chi connectivity index (χ4n) is 5.67. The molecule has 2 aromatic rings. The van der Waals surface area contributed by atoms with Crippen LogP contribution >= 0.6 is 0 Å². The lowest BCUT2D eigenvalue weighted by molar-refractivity contribution is 0.374. The third-order valence-corrected chi connectivity index (χ3v) is 6.49. The van der Waals surface area contributed by atoms with Gasteiger partial charge >= 0.3 is 0 Å². The Labute approximate surface area is 125 Å². The second kappa shape index (κ2) is 4.31. The molecule has 108 valence electrons. The number of hydrazine groups is 1. The molecule has 2 aromatic carbocycles. The Kier molecular flexibility index (Phi) is 2.50. The Morgan fingerprint density at radius 2 is 1.67 bits per heavy atom. The van der Waals surface area contributed by atoms with Crippen molar-refractivity contribution in [2.24, 2.45) is 35.4 Å². The van der Waals surface area contributed by atoms with Crippen LogP contribution in [0.25, 0.3) is 10.8 Å². The maximum atomic E-state index is 5.95. The highest BCUT2D eigenvalue weighted by molar-refractivity contribution is 5.83. The van der Waals surface area contributed by atoms with Gasteiger partial charge < -0.3 is 0 Å². The van der Waals surface area contributed by atoms with Gasteiger partial charge in [0.2, 0.25) is 0 Å². The highest BCUT2D eigenvalue weighted by Crippen LogP contribution is 2.72. The summed E-state index contributed by atoms with van der Waals surface area (Å²) in [6.45, 7) is 0. The molecule has 3 fully saturated rings. The largest absolute Gasteiger partial charge is 0.271 e. The highest BCUT2D eigenvalue weighted by Gasteiger charge is 2.66. The van der Waals surface area contributed by atoms with Gasteiger partial charge in [-0.15, -0.1) is 0 Å². The van der Waals surface area contributed by atoms with E-state index >= 15 is 0 Å². The van der Waals surface area contributed by atoms with E-state index in [9.17, 15) is 0 Å². The molecule has 0 spiro atoms. The topological polar surface area (TPSA) is 38.0 Å². The summed E-state index contributed by atoms with van der Waals surface area (Å²) in [5, 5.41) is 2.64. The quantitative estimate of drug-likeness (QED) is 0.664. The maximum Gasteiger partial charge on any atom is 0.0494 e. The molecule has 0 heterocycles. The van der Waals surface area contributed by atoms with Crippen molar-refractivity contribution in [3.63, 3.8) is 0 Å². The molecule has 5 rings (SSSR count). The van der Waals surface area contributed by atoms with Crippen LogP contribution in [0.3, 0.4) is 0 Å². The van der Waals surface area contributed by atoms with Gasteiger partial charge in [0.15, 0.2) is 0 Å². The predicted molar refractivity (Wildman–Crippen MR) is 85.3 cm³/mol. The van der Waals surface area contributed by atoms with E-state index in [-0.39, 0.29) is 0 Å². The molecule has 2 nitrogen and oxygen atoms in total. The van der Waals surface area contributed by atoms with E-state index in [1.165, 1.54) is 35.6 Å². The number of hydrogen-bond acceptors (Lipinski definition) is 2. The molecule has 3 saturated carbocycles. The fraction of sp³-hybridized carbons (Fsp3) is 0.474. The number of nitrogens with two attached hydrogens (primary N) is 1. The number of fused-ring (bicyclic) bond motifs is 6. The van der Waals surface area contributed by atoms with Gasteiger partial charge in [-0.2, -0.15) is 0 Å². The van der Waals surface area contributed by atoms with Crippen LogP contribution in [0.15, 0.2) is 42.5 Å². The smallest absolute Gasteiger partial charge is 0.0494 e. The van der Waals surface area contributed by atoms with E-state index in [0.717, 1.165) is 29.6 Å². The second-order valence-electron chi connectivity index (χ2n) is 7.32. The van der Waals surface area contributed by atoms with Crippen LogP contribution in [-0.4, -0.2) is 0 Å². The standard InChI is InChI=1S/C19H22N2/c20-21-19(18-16-13-6-7-14(10-13)17(16)18)15-8-5-11-3-1-2-4-12(11)9-15/h1-5,8-9,13-14,16-19,21H,6-7,10,20H2. The van der Waals surface area contributed by atoms with Gasteiger partial charge in [-0.05, 0) is 71.3 Å². The van der Waals surface area contributed by atoms with Crippen molar-refractivity contribution in [1.29, 1.82) is 0 Å². The highest BCUT2D eigenvalue weighted by atomic mass is 15.2. The van der Waals surface area contributed by atoms with Gasteiger partial charge in [-0.1, -0.05) is 36.4 Å². The van der Waals surface area contributed by atoms with Crippen molar-refractivity contribution in [1.82, 2.24) is 5.43 Å². The molecule has 0 aliphatic heterocycles. The normalized spacial score (nSPS) is 37.7. The summed E-state index contributed by atoms with van der Waals surface area (Å²) >= 11 is 0. The monoisotopic (exact) mass is 278 g/mol. The van der Waals surface area contributed by atoms with Crippen LogP contribution in [0.5, 0.6) is 0 Å².